The number of nitrogens with one attached hydrogen (secondary N) is 1. The second kappa shape index (κ2) is 8.07. The van der Waals surface area contributed by atoms with Crippen LogP contribution in [0.1, 0.15) is 18.9 Å². The van der Waals surface area contributed by atoms with Crippen molar-refractivity contribution < 1.29 is 21.6 Å². The summed E-state index contributed by atoms with van der Waals surface area (Å²) in [6.07, 6.45) is -0.590. The molecule has 5 rings (SSSR count). The van der Waals surface area contributed by atoms with Gasteiger partial charge in [0, 0.05) is 47.3 Å². The van der Waals surface area contributed by atoms with Crippen molar-refractivity contribution in [2.75, 3.05) is 18.8 Å². The van der Waals surface area contributed by atoms with Gasteiger partial charge in [-0.15, -0.1) is 0 Å². The maximum absolute atomic E-state index is 13.2. The molecule has 35 heavy (non-hydrogen) atoms. The Kier molecular flexibility index (Phi) is 5.37. The van der Waals surface area contributed by atoms with Gasteiger partial charge in [-0.2, -0.15) is 22.7 Å². The lowest BCUT2D eigenvalue weighted by Gasteiger charge is -2.49. The molecule has 0 aliphatic carbocycles. The number of hydrogen-bond acceptors (Lipinski definition) is 5. The molecule has 1 aromatic carbocycles. The number of hydrogen-bond donors (Lipinski definition) is 1. The number of aromatic nitrogens is 4. The highest BCUT2D eigenvalue weighted by Crippen LogP contribution is 2.42. The molecule has 12 heteroatoms. The van der Waals surface area contributed by atoms with Crippen molar-refractivity contribution in [1.82, 2.24) is 23.8 Å². The lowest BCUT2D eigenvalue weighted by atomic mass is 9.88. The summed E-state index contributed by atoms with van der Waals surface area (Å²) in [6, 6.07) is 8.49. The quantitative estimate of drug-likeness (QED) is 0.430. The van der Waals surface area contributed by atoms with Gasteiger partial charge >= 0.3 is 6.18 Å². The maximum atomic E-state index is 13.2. The smallest absolute Gasteiger partial charge is 0.346 e. The lowest BCUT2D eigenvalue weighted by molar-refractivity contribution is -0.127. The van der Waals surface area contributed by atoms with Crippen molar-refractivity contribution in [3.8, 4) is 17.3 Å². The van der Waals surface area contributed by atoms with E-state index in [-0.39, 0.29) is 30.8 Å². The monoisotopic (exact) mass is 502 g/mol. The number of nitriles is 1. The first-order valence-corrected chi connectivity index (χ1v) is 12.5. The molecule has 1 fully saturated rings. The normalized spacial score (nSPS) is 16.4. The van der Waals surface area contributed by atoms with E-state index in [1.165, 1.54) is 22.8 Å². The fourth-order valence-corrected chi connectivity index (χ4v) is 6.01. The second-order valence-corrected chi connectivity index (χ2v) is 11.0. The average Bonchev–Trinajstić information content (AvgIpc) is 3.39. The zero-order chi connectivity index (χ0) is 25.0. The van der Waals surface area contributed by atoms with Crippen LogP contribution in [-0.4, -0.2) is 57.3 Å². The summed E-state index contributed by atoms with van der Waals surface area (Å²) in [5.41, 5.74) is 1.53. The Bertz CT molecular complexity index is 1580. The Morgan fingerprint density at radius 3 is 2.66 bits per heavy atom. The van der Waals surface area contributed by atoms with E-state index >= 15 is 0 Å². The molecule has 1 aliphatic heterocycles. The number of fused-ring (bicyclic) bond motifs is 2. The highest BCUT2D eigenvalue weighted by molar-refractivity contribution is 7.89. The molecular formula is C23H21F3N6O2S. The first-order valence-electron chi connectivity index (χ1n) is 10.9. The van der Waals surface area contributed by atoms with Gasteiger partial charge in [0.1, 0.15) is 12.0 Å². The molecule has 0 spiro atoms. The molecular weight excluding hydrogens is 481 g/mol. The highest BCUT2D eigenvalue weighted by Gasteiger charge is 2.49. The van der Waals surface area contributed by atoms with E-state index in [0.717, 1.165) is 5.39 Å². The predicted molar refractivity (Wildman–Crippen MR) is 124 cm³/mol. The molecule has 4 aromatic rings. The standard InChI is InChI=1S/C23H21F3N6O2S/c1-2-35(33,34)31-12-22(13-31,6-7-27)32-11-18(20-17-5-8-28-21(17)30-14-29-20)16-4-3-15(9-19(16)32)10-23(24,25)26/h3-5,8-9,11,14H,2,6,10,12-13H2,1H3,(H,28,29,30). The zero-order valence-corrected chi connectivity index (χ0v) is 19.5. The Labute approximate surface area is 199 Å². The first kappa shape index (κ1) is 23.3. The maximum Gasteiger partial charge on any atom is 0.393 e. The number of H-pyrrole nitrogens is 1. The van der Waals surface area contributed by atoms with E-state index in [4.69, 9.17) is 0 Å². The van der Waals surface area contributed by atoms with Gasteiger partial charge in [0.05, 0.1) is 35.9 Å². The molecule has 4 heterocycles. The van der Waals surface area contributed by atoms with Gasteiger partial charge in [-0.1, -0.05) is 12.1 Å². The molecule has 0 saturated carbocycles. The average molecular weight is 503 g/mol. The molecule has 0 unspecified atom stereocenters. The molecule has 1 saturated heterocycles. The number of halogens is 3. The summed E-state index contributed by atoms with van der Waals surface area (Å²) < 4.78 is 67.4. The fourth-order valence-electron chi connectivity index (χ4n) is 4.77. The van der Waals surface area contributed by atoms with Crippen LogP contribution in [0.2, 0.25) is 0 Å². The fraction of sp³-hybridized carbons (Fsp3) is 0.348. The van der Waals surface area contributed by atoms with Gasteiger partial charge in [-0.25, -0.2) is 18.4 Å². The minimum absolute atomic E-state index is 0.00120. The van der Waals surface area contributed by atoms with Crippen LogP contribution in [0.3, 0.4) is 0 Å². The lowest BCUT2D eigenvalue weighted by Crippen LogP contribution is -2.64. The summed E-state index contributed by atoms with van der Waals surface area (Å²) in [4.78, 5) is 11.7. The Morgan fingerprint density at radius 1 is 1.20 bits per heavy atom. The molecule has 8 nitrogen and oxygen atoms in total. The number of sulfonamides is 1. The van der Waals surface area contributed by atoms with Crippen molar-refractivity contribution >= 4 is 32.0 Å². The predicted octanol–water partition coefficient (Wildman–Crippen LogP) is 3.96. The first-order chi connectivity index (χ1) is 16.6. The number of aromatic amines is 1. The largest absolute Gasteiger partial charge is 0.393 e. The van der Waals surface area contributed by atoms with Crippen molar-refractivity contribution in [2.45, 2.75) is 31.5 Å². The summed E-state index contributed by atoms with van der Waals surface area (Å²) in [7, 11) is -3.47. The van der Waals surface area contributed by atoms with Crippen LogP contribution in [-0.2, 0) is 22.0 Å². The number of benzene rings is 1. The summed E-state index contributed by atoms with van der Waals surface area (Å²) in [5, 5.41) is 11.0. The van der Waals surface area contributed by atoms with Gasteiger partial charge in [0.25, 0.3) is 0 Å². The van der Waals surface area contributed by atoms with Crippen molar-refractivity contribution in [2.24, 2.45) is 0 Å². The third kappa shape index (κ3) is 3.94. The van der Waals surface area contributed by atoms with E-state index in [9.17, 15) is 26.9 Å². The van der Waals surface area contributed by atoms with Crippen LogP contribution in [0.4, 0.5) is 13.2 Å². The van der Waals surface area contributed by atoms with E-state index in [0.29, 0.717) is 27.8 Å². The third-order valence-electron chi connectivity index (χ3n) is 6.50. The van der Waals surface area contributed by atoms with E-state index in [1.807, 2.05) is 6.07 Å². The molecule has 3 aromatic heterocycles. The van der Waals surface area contributed by atoms with Crippen molar-refractivity contribution in [3.63, 3.8) is 0 Å². The molecule has 0 amide bonds. The molecule has 0 radical (unpaired) electrons. The van der Waals surface area contributed by atoms with Crippen LogP contribution < -0.4 is 0 Å². The molecule has 0 atom stereocenters. The van der Waals surface area contributed by atoms with Gasteiger partial charge < -0.3 is 9.55 Å². The zero-order valence-electron chi connectivity index (χ0n) is 18.7. The number of rotatable bonds is 6. The van der Waals surface area contributed by atoms with Gasteiger partial charge in [0.2, 0.25) is 10.0 Å². The van der Waals surface area contributed by atoms with Crippen LogP contribution in [0.25, 0.3) is 33.2 Å². The Balaban J connectivity index is 1.72. The minimum Gasteiger partial charge on any atom is -0.346 e. The van der Waals surface area contributed by atoms with Gasteiger partial charge in [0.15, 0.2) is 0 Å². The minimum atomic E-state index is -4.38. The second-order valence-electron chi connectivity index (χ2n) is 8.75. The SMILES string of the molecule is CCS(=O)(=O)N1CC(CC#N)(n2cc(-c3ncnc4[nH]ccc34)c3ccc(CC(F)(F)F)cc32)C1. The summed E-state index contributed by atoms with van der Waals surface area (Å²) >= 11 is 0. The van der Waals surface area contributed by atoms with E-state index in [1.54, 1.807) is 30.0 Å². The van der Waals surface area contributed by atoms with Crippen LogP contribution in [0, 0.1) is 11.3 Å². The number of alkyl halides is 3. The Hall–Kier alpha value is -3.43. The van der Waals surface area contributed by atoms with E-state index < -0.39 is 28.2 Å². The van der Waals surface area contributed by atoms with Crippen LogP contribution in [0.5, 0.6) is 0 Å². The van der Waals surface area contributed by atoms with Crippen LogP contribution >= 0.6 is 0 Å². The summed E-state index contributed by atoms with van der Waals surface area (Å²) in [6.45, 7) is 1.67. The van der Waals surface area contributed by atoms with Gasteiger partial charge in [-0.3, -0.25) is 0 Å². The number of nitrogens with zero attached hydrogens (tertiary/aromatic N) is 5. The third-order valence-corrected chi connectivity index (χ3v) is 8.28. The molecule has 1 N–H and O–H groups in total. The Morgan fingerprint density at radius 2 is 1.97 bits per heavy atom. The van der Waals surface area contributed by atoms with Crippen LogP contribution in [0.15, 0.2) is 43.0 Å². The highest BCUT2D eigenvalue weighted by atomic mass is 32.2. The van der Waals surface area contributed by atoms with E-state index in [2.05, 4.69) is 21.0 Å². The van der Waals surface area contributed by atoms with Crippen molar-refractivity contribution in [3.05, 3.63) is 48.5 Å². The molecule has 0 bridgehead atoms. The topological polar surface area (TPSA) is 108 Å². The van der Waals surface area contributed by atoms with Gasteiger partial charge in [-0.05, 0) is 24.6 Å². The molecule has 1 aliphatic rings. The summed E-state index contributed by atoms with van der Waals surface area (Å²) in [5.74, 6) is -0.0740. The van der Waals surface area contributed by atoms with Crippen molar-refractivity contribution in [1.29, 1.82) is 5.26 Å². The molecule has 182 valence electrons.